The molecule has 2 rings (SSSR count). The zero-order chi connectivity index (χ0) is 17.4. The lowest BCUT2D eigenvalue weighted by atomic mass is 9.98. The molecule has 0 amide bonds. The van der Waals surface area contributed by atoms with Gasteiger partial charge < -0.3 is 15.4 Å². The highest BCUT2D eigenvalue weighted by Gasteiger charge is 2.31. The number of aliphatic imine (C=N–C) groups is 1. The third-order valence-corrected chi connectivity index (χ3v) is 5.44. The van der Waals surface area contributed by atoms with Crippen molar-refractivity contribution in [2.24, 2.45) is 10.9 Å². The molecule has 2 unspecified atom stereocenters. The Morgan fingerprint density at radius 2 is 1.92 bits per heavy atom. The molecule has 6 heteroatoms. The predicted octanol–water partition coefficient (Wildman–Crippen LogP) is 3.24. The Bertz CT molecular complexity index is 386. The normalized spacial score (nSPS) is 25.9. The van der Waals surface area contributed by atoms with Crippen molar-refractivity contribution < 1.29 is 4.74 Å². The van der Waals surface area contributed by atoms with Crippen molar-refractivity contribution in [2.75, 3.05) is 33.3 Å². The lowest BCUT2D eigenvalue weighted by Crippen LogP contribution is -2.47. The molecular formula is C19H39IN4O. The highest BCUT2D eigenvalue weighted by Crippen LogP contribution is 2.20. The van der Waals surface area contributed by atoms with Crippen LogP contribution in [0.15, 0.2) is 4.99 Å². The summed E-state index contributed by atoms with van der Waals surface area (Å²) in [5.41, 5.74) is 0. The molecule has 1 saturated carbocycles. The monoisotopic (exact) mass is 466 g/mol. The molecule has 0 aromatic heterocycles. The fraction of sp³-hybridized carbons (Fsp3) is 0.947. The first-order chi connectivity index (χ1) is 11.6. The summed E-state index contributed by atoms with van der Waals surface area (Å²) in [4.78, 5) is 6.91. The number of nitrogens with one attached hydrogen (secondary N) is 2. The van der Waals surface area contributed by atoms with Gasteiger partial charge in [0.1, 0.15) is 0 Å². The van der Waals surface area contributed by atoms with Gasteiger partial charge in [-0.1, -0.05) is 26.2 Å². The molecule has 2 fully saturated rings. The fourth-order valence-electron chi connectivity index (χ4n) is 3.74. The van der Waals surface area contributed by atoms with Gasteiger partial charge in [0.05, 0.1) is 6.10 Å². The van der Waals surface area contributed by atoms with Crippen LogP contribution in [0.2, 0.25) is 0 Å². The average Bonchev–Trinajstić information content (AvgIpc) is 2.95. The van der Waals surface area contributed by atoms with Crippen molar-refractivity contribution >= 4 is 29.9 Å². The number of halogens is 1. The summed E-state index contributed by atoms with van der Waals surface area (Å²) in [6, 6.07) is 1.10. The number of hydrogen-bond acceptors (Lipinski definition) is 3. The van der Waals surface area contributed by atoms with Gasteiger partial charge in [-0.25, -0.2) is 0 Å². The molecule has 0 aromatic rings. The maximum absolute atomic E-state index is 5.98. The van der Waals surface area contributed by atoms with Crippen molar-refractivity contribution in [3.05, 3.63) is 0 Å². The molecule has 0 bridgehead atoms. The Hall–Kier alpha value is -0.0800. The van der Waals surface area contributed by atoms with E-state index in [0.717, 1.165) is 32.1 Å². The molecule has 148 valence electrons. The van der Waals surface area contributed by atoms with Crippen LogP contribution in [0.25, 0.3) is 0 Å². The second kappa shape index (κ2) is 12.3. The third-order valence-electron chi connectivity index (χ3n) is 5.44. The van der Waals surface area contributed by atoms with Gasteiger partial charge in [0, 0.05) is 45.4 Å². The molecule has 0 aromatic carbocycles. The van der Waals surface area contributed by atoms with E-state index >= 15 is 0 Å². The number of ether oxygens (including phenoxy) is 1. The Balaban J connectivity index is 0.00000312. The van der Waals surface area contributed by atoms with E-state index in [9.17, 15) is 0 Å². The van der Waals surface area contributed by atoms with Crippen LogP contribution in [0.4, 0.5) is 0 Å². The molecule has 0 spiro atoms. The first kappa shape index (κ1) is 23.0. The lowest BCUT2D eigenvalue weighted by molar-refractivity contribution is 0.0277. The quantitative estimate of drug-likeness (QED) is 0.262. The Kier molecular flexibility index (Phi) is 11.3. The second-order valence-electron chi connectivity index (χ2n) is 7.76. The predicted molar refractivity (Wildman–Crippen MR) is 117 cm³/mol. The molecular weight excluding hydrogens is 427 g/mol. The summed E-state index contributed by atoms with van der Waals surface area (Å²) in [5.74, 6) is 1.58. The van der Waals surface area contributed by atoms with Gasteiger partial charge in [-0.05, 0) is 39.0 Å². The molecule has 0 radical (unpaired) electrons. The summed E-state index contributed by atoms with van der Waals surface area (Å²) in [6.45, 7) is 10.9. The minimum absolute atomic E-state index is 0. The van der Waals surface area contributed by atoms with E-state index in [1.54, 1.807) is 0 Å². The Morgan fingerprint density at radius 3 is 2.52 bits per heavy atom. The number of likely N-dealkylation sites (tertiary alicyclic amines) is 1. The van der Waals surface area contributed by atoms with Crippen molar-refractivity contribution in [1.29, 1.82) is 0 Å². The van der Waals surface area contributed by atoms with Crippen LogP contribution in [-0.4, -0.2) is 62.3 Å². The van der Waals surface area contributed by atoms with E-state index in [0.29, 0.717) is 24.1 Å². The molecule has 1 heterocycles. The maximum atomic E-state index is 5.98. The van der Waals surface area contributed by atoms with E-state index in [2.05, 4.69) is 41.3 Å². The van der Waals surface area contributed by atoms with E-state index in [-0.39, 0.29) is 24.0 Å². The van der Waals surface area contributed by atoms with Crippen LogP contribution in [-0.2, 0) is 4.74 Å². The smallest absolute Gasteiger partial charge is 0.191 e. The van der Waals surface area contributed by atoms with Crippen LogP contribution in [0, 0.1) is 5.92 Å². The van der Waals surface area contributed by atoms with Crippen LogP contribution < -0.4 is 10.6 Å². The van der Waals surface area contributed by atoms with Crippen LogP contribution in [0.5, 0.6) is 0 Å². The molecule has 1 aliphatic heterocycles. The van der Waals surface area contributed by atoms with Crippen LogP contribution in [0.3, 0.4) is 0 Å². The van der Waals surface area contributed by atoms with Gasteiger partial charge in [0.15, 0.2) is 5.96 Å². The summed E-state index contributed by atoms with van der Waals surface area (Å²) >= 11 is 0. The number of nitrogens with zero attached hydrogens (tertiary/aromatic N) is 2. The summed E-state index contributed by atoms with van der Waals surface area (Å²) < 4.78 is 5.98. The van der Waals surface area contributed by atoms with Gasteiger partial charge in [-0.3, -0.25) is 9.89 Å². The number of hydrogen-bond donors (Lipinski definition) is 2. The third kappa shape index (κ3) is 7.99. The molecule has 2 atom stereocenters. The van der Waals surface area contributed by atoms with Crippen molar-refractivity contribution in [2.45, 2.75) is 77.5 Å². The molecule has 1 aliphatic carbocycles. The van der Waals surface area contributed by atoms with Gasteiger partial charge in [-0.15, -0.1) is 24.0 Å². The van der Waals surface area contributed by atoms with E-state index in [4.69, 9.17) is 4.74 Å². The molecule has 25 heavy (non-hydrogen) atoms. The topological polar surface area (TPSA) is 48.9 Å². The van der Waals surface area contributed by atoms with Gasteiger partial charge in [0.2, 0.25) is 0 Å². The standard InChI is InChI=1S/C19H38N4O.HI/c1-15(2)23-13-16(3)18(14-23)22-19(20-4)21-11-8-12-24-17-9-6-5-7-10-17;/h15-18H,5-14H2,1-4H3,(H2,20,21,22);1H. The molecule has 2 N–H and O–H groups in total. The molecule has 2 aliphatic rings. The minimum atomic E-state index is 0. The number of guanidine groups is 1. The van der Waals surface area contributed by atoms with Gasteiger partial charge in [-0.2, -0.15) is 0 Å². The van der Waals surface area contributed by atoms with Crippen LogP contribution in [0.1, 0.15) is 59.3 Å². The average molecular weight is 466 g/mol. The lowest BCUT2D eigenvalue weighted by Gasteiger charge is -2.23. The first-order valence-electron chi connectivity index (χ1n) is 9.93. The summed E-state index contributed by atoms with van der Waals surface area (Å²) in [5, 5.41) is 7.04. The molecule has 1 saturated heterocycles. The maximum Gasteiger partial charge on any atom is 0.191 e. The Labute approximate surface area is 171 Å². The van der Waals surface area contributed by atoms with Crippen molar-refractivity contribution in [1.82, 2.24) is 15.5 Å². The van der Waals surface area contributed by atoms with E-state index in [1.165, 1.54) is 38.6 Å². The van der Waals surface area contributed by atoms with E-state index in [1.807, 2.05) is 7.05 Å². The summed E-state index contributed by atoms with van der Waals surface area (Å²) in [6.07, 6.45) is 8.12. The van der Waals surface area contributed by atoms with E-state index < -0.39 is 0 Å². The Morgan fingerprint density at radius 1 is 1.20 bits per heavy atom. The highest BCUT2D eigenvalue weighted by atomic mass is 127. The SMILES string of the molecule is CN=C(NCCCOC1CCCCC1)NC1CN(C(C)C)CC1C.I. The summed E-state index contributed by atoms with van der Waals surface area (Å²) in [7, 11) is 1.85. The first-order valence-corrected chi connectivity index (χ1v) is 9.93. The number of rotatable bonds is 7. The molecule has 5 nitrogen and oxygen atoms in total. The second-order valence-corrected chi connectivity index (χ2v) is 7.76. The zero-order valence-electron chi connectivity index (χ0n) is 16.6. The highest BCUT2D eigenvalue weighted by molar-refractivity contribution is 14.0. The largest absolute Gasteiger partial charge is 0.378 e. The van der Waals surface area contributed by atoms with Crippen LogP contribution >= 0.6 is 24.0 Å². The van der Waals surface area contributed by atoms with Gasteiger partial charge >= 0.3 is 0 Å². The van der Waals surface area contributed by atoms with Crippen molar-refractivity contribution in [3.63, 3.8) is 0 Å². The van der Waals surface area contributed by atoms with Crippen molar-refractivity contribution in [3.8, 4) is 0 Å². The minimum Gasteiger partial charge on any atom is -0.378 e. The zero-order valence-corrected chi connectivity index (χ0v) is 18.9. The fourth-order valence-corrected chi connectivity index (χ4v) is 3.74. The van der Waals surface area contributed by atoms with Gasteiger partial charge in [0.25, 0.3) is 0 Å².